The van der Waals surface area contributed by atoms with Crippen molar-refractivity contribution in [2.24, 2.45) is 0 Å². The van der Waals surface area contributed by atoms with Crippen LogP contribution < -0.4 is 0 Å². The Bertz CT molecular complexity index is 95.0. The fourth-order valence-electron chi connectivity index (χ4n) is 0.404. The molecule has 0 aliphatic carbocycles. The average Bonchev–Trinajstić information content (AvgIpc) is 1.98. The third kappa shape index (κ3) is 5.91. The van der Waals surface area contributed by atoms with Gasteiger partial charge >= 0.3 is 5.97 Å². The van der Waals surface area contributed by atoms with Crippen LogP contribution in [0.3, 0.4) is 0 Å². The van der Waals surface area contributed by atoms with E-state index in [0.717, 1.165) is 0 Å². The maximum Gasteiger partial charge on any atom is 0.315 e. The SMILES string of the molecule is CCOCCOC(=O)CS. The fourth-order valence-corrected chi connectivity index (χ4v) is 0.496. The van der Waals surface area contributed by atoms with Gasteiger partial charge in [-0.2, -0.15) is 12.6 Å². The van der Waals surface area contributed by atoms with Crippen LogP contribution in [0.1, 0.15) is 6.92 Å². The fraction of sp³-hybridized carbons (Fsp3) is 0.833. The quantitative estimate of drug-likeness (QED) is 0.365. The van der Waals surface area contributed by atoms with Crippen molar-refractivity contribution < 1.29 is 14.3 Å². The number of hydrogen-bond donors (Lipinski definition) is 1. The van der Waals surface area contributed by atoms with Crippen molar-refractivity contribution in [1.29, 1.82) is 0 Å². The summed E-state index contributed by atoms with van der Waals surface area (Å²) in [6.45, 7) is 3.34. The maximum absolute atomic E-state index is 10.4. The Kier molecular flexibility index (Phi) is 6.74. The largest absolute Gasteiger partial charge is 0.463 e. The highest BCUT2D eigenvalue weighted by Crippen LogP contribution is 1.82. The van der Waals surface area contributed by atoms with Crippen molar-refractivity contribution >= 4 is 18.6 Å². The van der Waals surface area contributed by atoms with Gasteiger partial charge in [-0.3, -0.25) is 4.79 Å². The molecule has 0 radical (unpaired) electrons. The Labute approximate surface area is 66.1 Å². The minimum Gasteiger partial charge on any atom is -0.463 e. The Morgan fingerprint density at radius 2 is 2.20 bits per heavy atom. The van der Waals surface area contributed by atoms with Gasteiger partial charge < -0.3 is 9.47 Å². The Hall–Kier alpha value is -0.220. The number of ether oxygens (including phenoxy) is 2. The van der Waals surface area contributed by atoms with Gasteiger partial charge in [0, 0.05) is 6.61 Å². The molecule has 0 bridgehead atoms. The summed E-state index contributed by atoms with van der Waals surface area (Å²) in [5.74, 6) is -0.172. The summed E-state index contributed by atoms with van der Waals surface area (Å²) in [6.07, 6.45) is 0. The molecule has 0 saturated heterocycles. The lowest BCUT2D eigenvalue weighted by Gasteiger charge is -2.01. The van der Waals surface area contributed by atoms with Crippen molar-refractivity contribution in [3.63, 3.8) is 0 Å². The third-order valence-electron chi connectivity index (χ3n) is 0.824. The highest BCUT2D eigenvalue weighted by atomic mass is 32.1. The van der Waals surface area contributed by atoms with E-state index in [1.807, 2.05) is 6.92 Å². The van der Waals surface area contributed by atoms with Crippen molar-refractivity contribution in [2.45, 2.75) is 6.92 Å². The van der Waals surface area contributed by atoms with E-state index in [4.69, 9.17) is 4.74 Å². The van der Waals surface area contributed by atoms with Crippen LogP contribution in [0.2, 0.25) is 0 Å². The monoisotopic (exact) mass is 164 g/mol. The summed E-state index contributed by atoms with van der Waals surface area (Å²) >= 11 is 3.73. The van der Waals surface area contributed by atoms with E-state index in [0.29, 0.717) is 19.8 Å². The van der Waals surface area contributed by atoms with E-state index in [1.165, 1.54) is 0 Å². The number of thiol groups is 1. The molecule has 0 N–H and O–H groups in total. The van der Waals surface area contributed by atoms with Gasteiger partial charge in [-0.05, 0) is 6.92 Å². The Morgan fingerprint density at radius 3 is 2.70 bits per heavy atom. The van der Waals surface area contributed by atoms with E-state index >= 15 is 0 Å². The van der Waals surface area contributed by atoms with Crippen LogP contribution in [-0.2, 0) is 14.3 Å². The molecule has 0 aromatic carbocycles. The minimum atomic E-state index is -0.303. The zero-order valence-corrected chi connectivity index (χ0v) is 6.89. The first kappa shape index (κ1) is 9.78. The van der Waals surface area contributed by atoms with E-state index in [2.05, 4.69) is 17.4 Å². The first-order chi connectivity index (χ1) is 4.81. The molecule has 0 spiro atoms. The molecule has 0 rings (SSSR count). The molecule has 0 amide bonds. The molecule has 0 aromatic rings. The van der Waals surface area contributed by atoms with Gasteiger partial charge in [0.25, 0.3) is 0 Å². The first-order valence-electron chi connectivity index (χ1n) is 3.15. The third-order valence-corrected chi connectivity index (χ3v) is 1.08. The molecule has 3 nitrogen and oxygen atoms in total. The molecule has 0 fully saturated rings. The van der Waals surface area contributed by atoms with Gasteiger partial charge in [0.2, 0.25) is 0 Å². The van der Waals surface area contributed by atoms with E-state index in [9.17, 15) is 4.79 Å². The topological polar surface area (TPSA) is 35.5 Å². The lowest BCUT2D eigenvalue weighted by molar-refractivity contribution is -0.141. The second kappa shape index (κ2) is 6.89. The zero-order chi connectivity index (χ0) is 7.82. The molecular weight excluding hydrogens is 152 g/mol. The molecule has 0 unspecified atom stereocenters. The van der Waals surface area contributed by atoms with Crippen molar-refractivity contribution in [1.82, 2.24) is 0 Å². The highest BCUT2D eigenvalue weighted by molar-refractivity contribution is 7.81. The smallest absolute Gasteiger partial charge is 0.315 e. The molecule has 60 valence electrons. The summed E-state index contributed by atoms with van der Waals surface area (Å²) in [5, 5.41) is 0. The first-order valence-corrected chi connectivity index (χ1v) is 3.78. The van der Waals surface area contributed by atoms with E-state index in [1.54, 1.807) is 0 Å². The summed E-state index contributed by atoms with van der Waals surface area (Å²) in [5.41, 5.74) is 0. The predicted octanol–water partition coefficient (Wildman–Crippen LogP) is 0.496. The van der Waals surface area contributed by atoms with Gasteiger partial charge in [0.05, 0.1) is 12.4 Å². The summed E-state index contributed by atoms with van der Waals surface area (Å²) in [4.78, 5) is 10.4. The second-order valence-electron chi connectivity index (χ2n) is 1.58. The van der Waals surface area contributed by atoms with Crippen molar-refractivity contribution in [3.8, 4) is 0 Å². The molecule has 10 heavy (non-hydrogen) atoms. The second-order valence-corrected chi connectivity index (χ2v) is 1.89. The van der Waals surface area contributed by atoms with Crippen LogP contribution in [0.25, 0.3) is 0 Å². The van der Waals surface area contributed by atoms with Crippen LogP contribution in [0.5, 0.6) is 0 Å². The molecule has 4 heteroatoms. The Balaban J connectivity index is 2.96. The normalized spacial score (nSPS) is 9.40. The van der Waals surface area contributed by atoms with Crippen molar-refractivity contribution in [3.05, 3.63) is 0 Å². The minimum absolute atomic E-state index is 0.131. The number of rotatable bonds is 5. The van der Waals surface area contributed by atoms with Crippen LogP contribution in [-0.4, -0.2) is 31.5 Å². The van der Waals surface area contributed by atoms with Gasteiger partial charge in [-0.15, -0.1) is 0 Å². The molecule has 0 aromatic heterocycles. The van der Waals surface area contributed by atoms with Crippen molar-refractivity contribution in [2.75, 3.05) is 25.6 Å². The number of carbonyl (C=O) groups excluding carboxylic acids is 1. The molecule has 0 heterocycles. The van der Waals surface area contributed by atoms with Gasteiger partial charge in [0.1, 0.15) is 6.61 Å². The van der Waals surface area contributed by atoms with Gasteiger partial charge in [-0.1, -0.05) is 0 Å². The lowest BCUT2D eigenvalue weighted by atomic mass is 10.7. The van der Waals surface area contributed by atoms with Crippen LogP contribution in [0.15, 0.2) is 0 Å². The zero-order valence-electron chi connectivity index (χ0n) is 6.00. The van der Waals surface area contributed by atoms with Gasteiger partial charge in [-0.25, -0.2) is 0 Å². The highest BCUT2D eigenvalue weighted by Gasteiger charge is 1.96. The number of esters is 1. The standard InChI is InChI=1S/C6H12O3S/c1-2-8-3-4-9-6(7)5-10/h10H,2-5H2,1H3. The predicted molar refractivity (Wildman–Crippen MR) is 41.3 cm³/mol. The summed E-state index contributed by atoms with van der Waals surface area (Å²) < 4.78 is 9.58. The number of carbonyl (C=O) groups is 1. The summed E-state index contributed by atoms with van der Waals surface area (Å²) in [7, 11) is 0. The average molecular weight is 164 g/mol. The maximum atomic E-state index is 10.4. The van der Waals surface area contributed by atoms with Crippen LogP contribution in [0, 0.1) is 0 Å². The van der Waals surface area contributed by atoms with Crippen LogP contribution >= 0.6 is 12.6 Å². The summed E-state index contributed by atoms with van der Waals surface area (Å²) in [6, 6.07) is 0. The lowest BCUT2D eigenvalue weighted by Crippen LogP contribution is -2.11. The van der Waals surface area contributed by atoms with Crippen LogP contribution in [0.4, 0.5) is 0 Å². The Morgan fingerprint density at radius 1 is 1.50 bits per heavy atom. The number of hydrogen-bond acceptors (Lipinski definition) is 4. The molecule has 0 atom stereocenters. The van der Waals surface area contributed by atoms with Gasteiger partial charge in [0.15, 0.2) is 0 Å². The molecule has 0 aliphatic rings. The molecule has 0 aliphatic heterocycles. The van der Waals surface area contributed by atoms with E-state index in [-0.39, 0.29) is 11.7 Å². The van der Waals surface area contributed by atoms with E-state index < -0.39 is 0 Å². The molecule has 0 saturated carbocycles. The molecular formula is C6H12O3S.